The van der Waals surface area contributed by atoms with Crippen LogP contribution in [0.2, 0.25) is 0 Å². The molecule has 2 aliphatic heterocycles. The minimum absolute atomic E-state index is 0.317. The highest BCUT2D eigenvalue weighted by molar-refractivity contribution is 6.45. The van der Waals surface area contributed by atoms with Crippen molar-refractivity contribution in [2.45, 2.75) is 19.3 Å². The van der Waals surface area contributed by atoms with Gasteiger partial charge in [0.2, 0.25) is 0 Å². The van der Waals surface area contributed by atoms with Crippen molar-refractivity contribution in [1.82, 2.24) is 4.90 Å². The lowest BCUT2D eigenvalue weighted by molar-refractivity contribution is -0.120. The minimum atomic E-state index is -0.415. The third-order valence-electron chi connectivity index (χ3n) is 5.19. The van der Waals surface area contributed by atoms with Crippen LogP contribution in [-0.2, 0) is 9.59 Å². The summed E-state index contributed by atoms with van der Waals surface area (Å²) in [6.07, 6.45) is 3.04. The van der Waals surface area contributed by atoms with Gasteiger partial charge in [0.1, 0.15) is 17.3 Å². The van der Waals surface area contributed by atoms with Gasteiger partial charge in [-0.2, -0.15) is 0 Å². The maximum atomic E-state index is 13.4. The van der Waals surface area contributed by atoms with Crippen LogP contribution in [0.25, 0.3) is 5.57 Å². The summed E-state index contributed by atoms with van der Waals surface area (Å²) in [5.74, 6) is -0.720. The summed E-state index contributed by atoms with van der Waals surface area (Å²) in [7, 11) is 1.50. The Bertz CT molecular complexity index is 947. The zero-order chi connectivity index (χ0) is 19.7. The van der Waals surface area contributed by atoms with E-state index in [0.717, 1.165) is 32.4 Å². The van der Waals surface area contributed by atoms with Gasteiger partial charge in [0.05, 0.1) is 18.4 Å². The maximum Gasteiger partial charge on any atom is 0.282 e. The maximum absolute atomic E-state index is 13.4. The molecule has 4 rings (SSSR count). The smallest absolute Gasteiger partial charge is 0.282 e. The fraction of sp³-hybridized carbons (Fsp3) is 0.273. The number of carbonyl (C=O) groups excluding carboxylic acids is 2. The van der Waals surface area contributed by atoms with Crippen LogP contribution in [0.15, 0.2) is 54.2 Å². The van der Waals surface area contributed by atoms with Gasteiger partial charge in [-0.1, -0.05) is 24.3 Å². The number of ether oxygens (including phenoxy) is 1. The largest absolute Gasteiger partial charge is 0.495 e. The molecule has 1 saturated heterocycles. The van der Waals surface area contributed by atoms with Gasteiger partial charge in [-0.15, -0.1) is 0 Å². The molecule has 2 amide bonds. The van der Waals surface area contributed by atoms with Crippen molar-refractivity contribution in [3.05, 3.63) is 65.6 Å². The summed E-state index contributed by atoms with van der Waals surface area (Å²) >= 11 is 0. The molecule has 0 radical (unpaired) electrons. The molecule has 0 saturated carbocycles. The fourth-order valence-corrected chi connectivity index (χ4v) is 3.84. The average molecular weight is 380 g/mol. The normalized spacial score (nSPS) is 17.5. The number of halogens is 1. The molecule has 0 unspecified atom stereocenters. The van der Waals surface area contributed by atoms with Crippen LogP contribution < -0.4 is 9.64 Å². The Morgan fingerprint density at radius 3 is 2.25 bits per heavy atom. The number of anilines is 1. The molecule has 28 heavy (non-hydrogen) atoms. The van der Waals surface area contributed by atoms with Gasteiger partial charge in [0, 0.05) is 13.1 Å². The number of rotatable bonds is 4. The molecule has 144 valence electrons. The SMILES string of the molecule is COc1ccccc1N1C(=O)C(c2ccc(F)cc2)=C(N2CCCCC2)C1=O. The first-order valence-electron chi connectivity index (χ1n) is 9.39. The van der Waals surface area contributed by atoms with Gasteiger partial charge in [0.15, 0.2) is 0 Å². The molecule has 0 spiro atoms. The van der Waals surface area contributed by atoms with Gasteiger partial charge < -0.3 is 9.64 Å². The highest BCUT2D eigenvalue weighted by Crippen LogP contribution is 2.39. The lowest BCUT2D eigenvalue weighted by atomic mass is 10.0. The van der Waals surface area contributed by atoms with Crippen molar-refractivity contribution >= 4 is 23.1 Å². The highest BCUT2D eigenvalue weighted by Gasteiger charge is 2.43. The second-order valence-electron chi connectivity index (χ2n) is 6.90. The second-order valence-corrected chi connectivity index (χ2v) is 6.90. The fourth-order valence-electron chi connectivity index (χ4n) is 3.84. The van der Waals surface area contributed by atoms with Crippen LogP contribution in [0.5, 0.6) is 5.75 Å². The molecule has 0 N–H and O–H groups in total. The Labute approximate surface area is 163 Å². The molecule has 0 atom stereocenters. The molecule has 2 aromatic carbocycles. The number of hydrogen-bond acceptors (Lipinski definition) is 4. The third-order valence-corrected chi connectivity index (χ3v) is 5.19. The van der Waals surface area contributed by atoms with Crippen molar-refractivity contribution in [3.8, 4) is 5.75 Å². The molecular formula is C22H21FN2O3. The predicted molar refractivity (Wildman–Crippen MR) is 104 cm³/mol. The van der Waals surface area contributed by atoms with Gasteiger partial charge in [-0.05, 0) is 49.1 Å². The number of carbonyl (C=O) groups is 2. The summed E-state index contributed by atoms with van der Waals surface area (Å²) in [5, 5.41) is 0. The van der Waals surface area contributed by atoms with Crippen molar-refractivity contribution in [2.24, 2.45) is 0 Å². The van der Waals surface area contributed by atoms with E-state index in [2.05, 4.69) is 0 Å². The first-order chi connectivity index (χ1) is 13.6. The molecule has 2 heterocycles. The predicted octanol–water partition coefficient (Wildman–Crippen LogP) is 3.60. The Kier molecular flexibility index (Phi) is 4.86. The summed E-state index contributed by atoms with van der Waals surface area (Å²) in [5.41, 5.74) is 1.66. The standard InChI is InChI=1S/C22H21FN2O3/c1-28-18-8-4-3-7-17(18)25-21(26)19(15-9-11-16(23)12-10-15)20(22(25)27)24-13-5-2-6-14-24/h3-4,7-12H,2,5-6,13-14H2,1H3. The van der Waals surface area contributed by atoms with Crippen molar-refractivity contribution in [3.63, 3.8) is 0 Å². The monoisotopic (exact) mass is 380 g/mol. The van der Waals surface area contributed by atoms with Crippen LogP contribution in [0, 0.1) is 5.82 Å². The number of likely N-dealkylation sites (tertiary alicyclic amines) is 1. The van der Waals surface area contributed by atoms with Crippen molar-refractivity contribution in [1.29, 1.82) is 0 Å². The Morgan fingerprint density at radius 2 is 1.57 bits per heavy atom. The second kappa shape index (κ2) is 7.46. The van der Waals surface area contributed by atoms with Gasteiger partial charge in [-0.3, -0.25) is 9.59 Å². The van der Waals surface area contributed by atoms with Crippen LogP contribution in [0.4, 0.5) is 10.1 Å². The van der Waals surface area contributed by atoms with E-state index in [-0.39, 0.29) is 11.7 Å². The highest BCUT2D eigenvalue weighted by atomic mass is 19.1. The number of para-hydroxylation sites is 2. The van der Waals surface area contributed by atoms with Gasteiger partial charge in [-0.25, -0.2) is 9.29 Å². The van der Waals surface area contributed by atoms with E-state index in [4.69, 9.17) is 4.74 Å². The minimum Gasteiger partial charge on any atom is -0.495 e. The van der Waals surface area contributed by atoms with E-state index in [9.17, 15) is 14.0 Å². The molecule has 2 aromatic rings. The first-order valence-corrected chi connectivity index (χ1v) is 9.39. The van der Waals surface area contributed by atoms with E-state index >= 15 is 0 Å². The van der Waals surface area contributed by atoms with E-state index in [1.54, 1.807) is 36.4 Å². The topological polar surface area (TPSA) is 49.9 Å². The van der Waals surface area contributed by atoms with Gasteiger partial charge in [0.25, 0.3) is 11.8 Å². The third kappa shape index (κ3) is 3.05. The summed E-state index contributed by atoms with van der Waals surface area (Å²) in [4.78, 5) is 30.0. The van der Waals surface area contributed by atoms with E-state index in [1.807, 2.05) is 4.90 Å². The molecule has 6 heteroatoms. The molecular weight excluding hydrogens is 359 g/mol. The molecule has 0 bridgehead atoms. The molecule has 0 aromatic heterocycles. The number of methoxy groups -OCH3 is 1. The number of benzene rings is 2. The number of nitrogens with zero attached hydrogens (tertiary/aromatic N) is 2. The van der Waals surface area contributed by atoms with Crippen LogP contribution in [-0.4, -0.2) is 36.9 Å². The lowest BCUT2D eigenvalue weighted by Gasteiger charge is -2.29. The van der Waals surface area contributed by atoms with Crippen LogP contribution in [0.1, 0.15) is 24.8 Å². The van der Waals surface area contributed by atoms with Crippen molar-refractivity contribution in [2.75, 3.05) is 25.1 Å². The Morgan fingerprint density at radius 1 is 0.893 bits per heavy atom. The van der Waals surface area contributed by atoms with Gasteiger partial charge >= 0.3 is 0 Å². The van der Waals surface area contributed by atoms with E-state index in [1.165, 1.54) is 24.1 Å². The molecule has 1 fully saturated rings. The summed E-state index contributed by atoms with van der Waals surface area (Å²) < 4.78 is 18.8. The lowest BCUT2D eigenvalue weighted by Crippen LogP contribution is -2.37. The number of piperidine rings is 1. The van der Waals surface area contributed by atoms with Crippen LogP contribution >= 0.6 is 0 Å². The quantitative estimate of drug-likeness (QED) is 0.761. The number of hydrogen-bond donors (Lipinski definition) is 0. The zero-order valence-corrected chi connectivity index (χ0v) is 15.7. The Hall–Kier alpha value is -3.15. The van der Waals surface area contributed by atoms with Crippen LogP contribution in [0.3, 0.4) is 0 Å². The molecule has 2 aliphatic rings. The number of amides is 2. The van der Waals surface area contributed by atoms with Crippen molar-refractivity contribution < 1.29 is 18.7 Å². The summed E-state index contributed by atoms with van der Waals surface area (Å²) in [6, 6.07) is 12.7. The summed E-state index contributed by atoms with van der Waals surface area (Å²) in [6.45, 7) is 1.44. The molecule has 0 aliphatic carbocycles. The zero-order valence-electron chi connectivity index (χ0n) is 15.7. The number of imide groups is 1. The Balaban J connectivity index is 1.84. The van der Waals surface area contributed by atoms with E-state index < -0.39 is 5.91 Å². The molecule has 5 nitrogen and oxygen atoms in total. The average Bonchev–Trinajstić information content (AvgIpc) is 2.99. The van der Waals surface area contributed by atoms with E-state index in [0.29, 0.717) is 28.3 Å². The first kappa shape index (κ1) is 18.2.